The Hall–Kier alpha value is -3.38. The summed E-state index contributed by atoms with van der Waals surface area (Å²) in [6.07, 6.45) is 1.54. The van der Waals surface area contributed by atoms with E-state index in [1.54, 1.807) is 0 Å². The smallest absolute Gasteiger partial charge is 0.413 e. The van der Waals surface area contributed by atoms with Crippen molar-refractivity contribution in [3.05, 3.63) is 97.1 Å². The van der Waals surface area contributed by atoms with Gasteiger partial charge < -0.3 is 14.2 Å². The highest BCUT2D eigenvalue weighted by atomic mass is 16.6. The number of esters is 1. The van der Waals surface area contributed by atoms with Crippen LogP contribution in [-0.2, 0) is 32.2 Å². The molecular weight excluding hydrogens is 382 g/mol. The summed E-state index contributed by atoms with van der Waals surface area (Å²) in [5.41, 5.74) is 1.74. The lowest BCUT2D eigenvalue weighted by Gasteiger charge is -2.33. The molecule has 0 saturated heterocycles. The Kier molecular flexibility index (Phi) is 9.34. The van der Waals surface area contributed by atoms with Crippen molar-refractivity contribution in [3.8, 4) is 0 Å². The lowest BCUT2D eigenvalue weighted by Crippen LogP contribution is -2.51. The fourth-order valence-corrected chi connectivity index (χ4v) is 2.84. The van der Waals surface area contributed by atoms with Crippen molar-refractivity contribution in [2.45, 2.75) is 31.9 Å². The standard InChI is InChI=1S/C24H27NO5/c1-4-12-21(23(26)28-3)25(24(27)30-18-20-15-10-7-11-16-20)22(5-2)29-17-19-13-8-6-9-14-19/h4-11,13-16,21-22H,1-2,12,17-18H2,3H3. The monoisotopic (exact) mass is 409 g/mol. The van der Waals surface area contributed by atoms with E-state index in [2.05, 4.69) is 13.2 Å². The van der Waals surface area contributed by atoms with E-state index in [9.17, 15) is 9.59 Å². The molecule has 2 unspecified atom stereocenters. The summed E-state index contributed by atoms with van der Waals surface area (Å²) < 4.78 is 16.3. The number of nitrogens with zero attached hydrogens (tertiary/aromatic N) is 1. The second kappa shape index (κ2) is 12.2. The molecule has 2 aromatic carbocycles. The minimum absolute atomic E-state index is 0.0563. The second-order valence-corrected chi connectivity index (χ2v) is 6.43. The topological polar surface area (TPSA) is 65.1 Å². The van der Waals surface area contributed by atoms with E-state index in [1.165, 1.54) is 24.2 Å². The summed E-state index contributed by atoms with van der Waals surface area (Å²) in [6.45, 7) is 7.73. The third-order valence-electron chi connectivity index (χ3n) is 4.35. The van der Waals surface area contributed by atoms with Crippen LogP contribution in [0.4, 0.5) is 4.79 Å². The molecule has 0 aliphatic carbocycles. The summed E-state index contributed by atoms with van der Waals surface area (Å²) in [5, 5.41) is 0. The van der Waals surface area contributed by atoms with Gasteiger partial charge in [0.1, 0.15) is 12.6 Å². The molecule has 158 valence electrons. The largest absolute Gasteiger partial charge is 0.467 e. The molecule has 0 spiro atoms. The van der Waals surface area contributed by atoms with Gasteiger partial charge in [-0.05, 0) is 23.6 Å². The minimum Gasteiger partial charge on any atom is -0.467 e. The molecule has 0 aliphatic heterocycles. The molecule has 0 heterocycles. The first kappa shape index (κ1) is 22.9. The van der Waals surface area contributed by atoms with Gasteiger partial charge in [0.15, 0.2) is 6.23 Å². The van der Waals surface area contributed by atoms with Crippen LogP contribution in [0.2, 0.25) is 0 Å². The maximum absolute atomic E-state index is 13.0. The minimum atomic E-state index is -0.963. The first-order valence-electron chi connectivity index (χ1n) is 9.56. The van der Waals surface area contributed by atoms with Crippen LogP contribution in [-0.4, -0.2) is 36.3 Å². The van der Waals surface area contributed by atoms with Crippen LogP contribution in [0.3, 0.4) is 0 Å². The molecule has 2 aromatic rings. The lowest BCUT2D eigenvalue weighted by atomic mass is 10.1. The molecule has 0 aromatic heterocycles. The van der Waals surface area contributed by atoms with Crippen molar-refractivity contribution in [1.29, 1.82) is 0 Å². The van der Waals surface area contributed by atoms with Gasteiger partial charge in [-0.2, -0.15) is 0 Å². The maximum atomic E-state index is 13.0. The second-order valence-electron chi connectivity index (χ2n) is 6.43. The molecule has 30 heavy (non-hydrogen) atoms. The van der Waals surface area contributed by atoms with Crippen LogP contribution in [0.1, 0.15) is 17.5 Å². The van der Waals surface area contributed by atoms with Crippen molar-refractivity contribution < 1.29 is 23.8 Å². The van der Waals surface area contributed by atoms with Gasteiger partial charge in [-0.3, -0.25) is 4.90 Å². The number of carbonyl (C=O) groups excluding carboxylic acids is 2. The summed E-state index contributed by atoms with van der Waals surface area (Å²) >= 11 is 0. The van der Waals surface area contributed by atoms with Gasteiger partial charge in [0.25, 0.3) is 0 Å². The van der Waals surface area contributed by atoms with Crippen LogP contribution >= 0.6 is 0 Å². The molecular formula is C24H27NO5. The number of amides is 1. The summed E-state index contributed by atoms with van der Waals surface area (Å²) in [4.78, 5) is 26.6. The number of hydrogen-bond donors (Lipinski definition) is 0. The Balaban J connectivity index is 2.22. The molecule has 2 rings (SSSR count). The molecule has 0 saturated carbocycles. The van der Waals surface area contributed by atoms with Crippen LogP contribution in [0, 0.1) is 0 Å². The summed E-state index contributed by atoms with van der Waals surface area (Å²) in [5.74, 6) is -0.596. The summed E-state index contributed by atoms with van der Waals surface area (Å²) in [6, 6.07) is 17.8. The predicted octanol–water partition coefficient (Wildman–Crippen LogP) is 4.47. The Bertz CT molecular complexity index is 822. The number of rotatable bonds is 11. The van der Waals surface area contributed by atoms with E-state index < -0.39 is 24.3 Å². The number of benzene rings is 2. The molecule has 0 N–H and O–H groups in total. The van der Waals surface area contributed by atoms with Crippen LogP contribution in [0.5, 0.6) is 0 Å². The van der Waals surface area contributed by atoms with E-state index in [0.717, 1.165) is 11.1 Å². The molecule has 0 bridgehead atoms. The van der Waals surface area contributed by atoms with Crippen LogP contribution < -0.4 is 0 Å². The van der Waals surface area contributed by atoms with Crippen molar-refractivity contribution in [3.63, 3.8) is 0 Å². The van der Waals surface area contributed by atoms with E-state index >= 15 is 0 Å². The average Bonchev–Trinajstić information content (AvgIpc) is 2.80. The van der Waals surface area contributed by atoms with Gasteiger partial charge in [0, 0.05) is 0 Å². The Morgan fingerprint density at radius 2 is 1.53 bits per heavy atom. The van der Waals surface area contributed by atoms with E-state index in [1.807, 2.05) is 60.7 Å². The molecule has 0 radical (unpaired) electrons. The molecule has 6 nitrogen and oxygen atoms in total. The van der Waals surface area contributed by atoms with Gasteiger partial charge in [0.2, 0.25) is 0 Å². The zero-order chi connectivity index (χ0) is 21.8. The Morgan fingerprint density at radius 3 is 2.03 bits per heavy atom. The zero-order valence-corrected chi connectivity index (χ0v) is 17.1. The highest BCUT2D eigenvalue weighted by Gasteiger charge is 2.36. The number of methoxy groups -OCH3 is 1. The van der Waals surface area contributed by atoms with Gasteiger partial charge in [-0.1, -0.05) is 73.3 Å². The van der Waals surface area contributed by atoms with Crippen LogP contribution in [0.25, 0.3) is 0 Å². The van der Waals surface area contributed by atoms with Crippen molar-refractivity contribution in [2.24, 2.45) is 0 Å². The number of ether oxygens (including phenoxy) is 3. The predicted molar refractivity (Wildman–Crippen MR) is 114 cm³/mol. The average molecular weight is 409 g/mol. The van der Waals surface area contributed by atoms with Gasteiger partial charge >= 0.3 is 12.1 Å². The molecule has 6 heteroatoms. The molecule has 0 aliphatic rings. The Morgan fingerprint density at radius 1 is 0.967 bits per heavy atom. The molecule has 1 amide bonds. The van der Waals surface area contributed by atoms with Gasteiger partial charge in [0.05, 0.1) is 13.7 Å². The summed E-state index contributed by atoms with van der Waals surface area (Å²) in [7, 11) is 1.26. The van der Waals surface area contributed by atoms with E-state index in [4.69, 9.17) is 14.2 Å². The van der Waals surface area contributed by atoms with E-state index in [-0.39, 0.29) is 19.6 Å². The van der Waals surface area contributed by atoms with Crippen molar-refractivity contribution in [1.82, 2.24) is 4.90 Å². The first-order valence-corrected chi connectivity index (χ1v) is 9.56. The Labute approximate surface area is 177 Å². The first-order chi connectivity index (χ1) is 14.6. The normalized spacial score (nSPS) is 12.3. The fourth-order valence-electron chi connectivity index (χ4n) is 2.84. The van der Waals surface area contributed by atoms with Gasteiger partial charge in [-0.25, -0.2) is 9.59 Å². The third kappa shape index (κ3) is 6.60. The van der Waals surface area contributed by atoms with Crippen molar-refractivity contribution >= 4 is 12.1 Å². The van der Waals surface area contributed by atoms with E-state index in [0.29, 0.717) is 0 Å². The maximum Gasteiger partial charge on any atom is 0.413 e. The van der Waals surface area contributed by atoms with Crippen LogP contribution in [0.15, 0.2) is 86.0 Å². The fraction of sp³-hybridized carbons (Fsp3) is 0.250. The zero-order valence-electron chi connectivity index (χ0n) is 17.1. The number of hydrogen-bond acceptors (Lipinski definition) is 5. The quantitative estimate of drug-likeness (QED) is 0.311. The molecule has 0 fully saturated rings. The lowest BCUT2D eigenvalue weighted by molar-refractivity contribution is -0.151. The highest BCUT2D eigenvalue weighted by Crippen LogP contribution is 2.18. The SMILES string of the molecule is C=CCC(C(=O)OC)N(C(=O)OCc1ccccc1)C(C=C)OCc1ccccc1. The number of carbonyl (C=O) groups is 2. The third-order valence-corrected chi connectivity index (χ3v) is 4.35. The van der Waals surface area contributed by atoms with Crippen molar-refractivity contribution in [2.75, 3.05) is 7.11 Å². The molecule has 2 atom stereocenters. The highest BCUT2D eigenvalue weighted by molar-refractivity contribution is 5.81. The van der Waals surface area contributed by atoms with Gasteiger partial charge in [-0.15, -0.1) is 6.58 Å².